The Kier molecular flexibility index (Phi) is 5.16. The summed E-state index contributed by atoms with van der Waals surface area (Å²) in [4.78, 5) is 9.51. The Morgan fingerprint density at radius 3 is 2.15 bits per heavy atom. The highest BCUT2D eigenvalue weighted by molar-refractivity contribution is 5.78. The molecule has 1 atom stereocenters. The van der Waals surface area contributed by atoms with Crippen molar-refractivity contribution in [3.63, 3.8) is 0 Å². The average molecular weight is 360 g/mol. The highest BCUT2D eigenvalue weighted by atomic mass is 16.5. The maximum absolute atomic E-state index is 5.93. The minimum absolute atomic E-state index is 0.436. The zero-order chi connectivity index (χ0) is 18.6. The smallest absolute Gasteiger partial charge is 0.232 e. The van der Waals surface area contributed by atoms with Crippen molar-refractivity contribution in [1.82, 2.24) is 9.97 Å². The third-order valence-electron chi connectivity index (χ3n) is 4.89. The normalized spacial score (nSPS) is 16.4. The number of hydrogen-bond donors (Lipinski definition) is 0. The van der Waals surface area contributed by atoms with E-state index in [1.807, 2.05) is 0 Å². The van der Waals surface area contributed by atoms with Crippen LogP contribution < -0.4 is 4.74 Å². The van der Waals surface area contributed by atoms with Crippen LogP contribution in [0.25, 0.3) is 22.5 Å². The van der Waals surface area contributed by atoms with Gasteiger partial charge in [0.1, 0.15) is 5.69 Å². The second kappa shape index (κ2) is 7.89. The van der Waals surface area contributed by atoms with E-state index in [1.54, 1.807) is 6.20 Å². The van der Waals surface area contributed by atoms with Crippen molar-refractivity contribution in [2.24, 2.45) is 5.92 Å². The Balaban J connectivity index is 1.69. The van der Waals surface area contributed by atoms with Crippen molar-refractivity contribution in [3.05, 3.63) is 65.9 Å². The van der Waals surface area contributed by atoms with Gasteiger partial charge < -0.3 is 9.47 Å². The number of benzene rings is 2. The molecule has 0 bridgehead atoms. The Morgan fingerprint density at radius 2 is 1.56 bits per heavy atom. The highest BCUT2D eigenvalue weighted by Gasteiger charge is 2.18. The first kappa shape index (κ1) is 17.7. The fourth-order valence-electron chi connectivity index (χ4n) is 3.20. The molecule has 1 saturated heterocycles. The van der Waals surface area contributed by atoms with Crippen molar-refractivity contribution >= 4 is 0 Å². The third-order valence-corrected chi connectivity index (χ3v) is 4.89. The fraction of sp³-hybridized carbons (Fsp3) is 0.304. The topological polar surface area (TPSA) is 44.2 Å². The monoisotopic (exact) mass is 360 g/mol. The first-order chi connectivity index (χ1) is 13.2. The first-order valence-electron chi connectivity index (χ1n) is 9.41. The van der Waals surface area contributed by atoms with Crippen LogP contribution >= 0.6 is 0 Å². The molecule has 0 N–H and O–H groups in total. The second-order valence-corrected chi connectivity index (χ2v) is 7.18. The van der Waals surface area contributed by atoms with Crippen LogP contribution in [0.1, 0.15) is 17.5 Å². The first-order valence-corrected chi connectivity index (χ1v) is 9.41. The summed E-state index contributed by atoms with van der Waals surface area (Å²) < 4.78 is 11.4. The van der Waals surface area contributed by atoms with E-state index in [4.69, 9.17) is 19.4 Å². The zero-order valence-corrected chi connectivity index (χ0v) is 15.8. The van der Waals surface area contributed by atoms with E-state index >= 15 is 0 Å². The van der Waals surface area contributed by atoms with E-state index in [2.05, 4.69) is 62.4 Å². The Hall–Kier alpha value is -2.72. The molecule has 1 aliphatic heterocycles. The lowest BCUT2D eigenvalue weighted by molar-refractivity contribution is 0.165. The van der Waals surface area contributed by atoms with Gasteiger partial charge in [0.25, 0.3) is 0 Å². The molecule has 0 saturated carbocycles. The molecule has 1 aromatic heterocycles. The summed E-state index contributed by atoms with van der Waals surface area (Å²) in [6, 6.07) is 16.7. The molecule has 1 aliphatic rings. The van der Waals surface area contributed by atoms with Crippen LogP contribution in [0, 0.1) is 19.8 Å². The van der Waals surface area contributed by atoms with Crippen LogP contribution in [0.15, 0.2) is 54.7 Å². The van der Waals surface area contributed by atoms with E-state index in [-0.39, 0.29) is 0 Å². The molecule has 2 heterocycles. The molecule has 0 aliphatic carbocycles. The van der Waals surface area contributed by atoms with Gasteiger partial charge in [-0.25, -0.2) is 9.97 Å². The molecule has 3 aromatic rings. The van der Waals surface area contributed by atoms with Crippen molar-refractivity contribution in [3.8, 4) is 28.4 Å². The lowest BCUT2D eigenvalue weighted by Gasteiger charge is -2.13. The van der Waals surface area contributed by atoms with E-state index in [0.717, 1.165) is 42.1 Å². The Labute approximate surface area is 160 Å². The molecule has 4 nitrogen and oxygen atoms in total. The predicted molar refractivity (Wildman–Crippen MR) is 107 cm³/mol. The second-order valence-electron chi connectivity index (χ2n) is 7.18. The number of aromatic nitrogens is 2. The molecule has 2 aromatic carbocycles. The summed E-state index contributed by atoms with van der Waals surface area (Å²) >= 11 is 0. The van der Waals surface area contributed by atoms with E-state index in [9.17, 15) is 0 Å². The SMILES string of the molecule is Cc1ccc(-c2ncc(OCC3CCOC3)nc2-c2ccc(C)cc2)cc1. The van der Waals surface area contributed by atoms with Gasteiger partial charge in [-0.05, 0) is 20.3 Å². The third kappa shape index (κ3) is 4.17. The van der Waals surface area contributed by atoms with Crippen molar-refractivity contribution in [2.75, 3.05) is 19.8 Å². The van der Waals surface area contributed by atoms with Gasteiger partial charge in [0.2, 0.25) is 5.88 Å². The van der Waals surface area contributed by atoms with Crippen molar-refractivity contribution < 1.29 is 9.47 Å². The number of nitrogens with zero attached hydrogens (tertiary/aromatic N) is 2. The lowest BCUT2D eigenvalue weighted by atomic mass is 10.0. The Morgan fingerprint density at radius 1 is 0.926 bits per heavy atom. The summed E-state index contributed by atoms with van der Waals surface area (Å²) in [6.07, 6.45) is 2.77. The number of aryl methyl sites for hydroxylation is 2. The highest BCUT2D eigenvalue weighted by Crippen LogP contribution is 2.31. The molecule has 4 heteroatoms. The summed E-state index contributed by atoms with van der Waals surface area (Å²) in [7, 11) is 0. The molecule has 1 unspecified atom stereocenters. The molecule has 0 amide bonds. The van der Waals surface area contributed by atoms with Crippen LogP contribution in [-0.4, -0.2) is 29.8 Å². The van der Waals surface area contributed by atoms with Gasteiger partial charge in [0, 0.05) is 23.7 Å². The predicted octanol–water partition coefficient (Wildman–Crippen LogP) is 4.84. The van der Waals surface area contributed by atoms with Crippen LogP contribution in [0.4, 0.5) is 0 Å². The van der Waals surface area contributed by atoms with E-state index < -0.39 is 0 Å². The minimum Gasteiger partial charge on any atom is -0.476 e. The zero-order valence-electron chi connectivity index (χ0n) is 15.8. The van der Waals surface area contributed by atoms with Gasteiger partial charge in [-0.3, -0.25) is 0 Å². The molecule has 4 rings (SSSR count). The molecular formula is C23H24N2O2. The summed E-state index contributed by atoms with van der Waals surface area (Å²) in [6.45, 7) is 6.37. The summed E-state index contributed by atoms with van der Waals surface area (Å²) in [5.41, 5.74) is 6.26. The fourth-order valence-corrected chi connectivity index (χ4v) is 3.20. The van der Waals surface area contributed by atoms with Crippen LogP contribution in [-0.2, 0) is 4.74 Å². The van der Waals surface area contributed by atoms with Gasteiger partial charge in [-0.2, -0.15) is 0 Å². The van der Waals surface area contributed by atoms with Crippen LogP contribution in [0.5, 0.6) is 5.88 Å². The number of rotatable bonds is 5. The largest absolute Gasteiger partial charge is 0.476 e. The maximum atomic E-state index is 5.93. The molecule has 0 radical (unpaired) electrons. The molecular weight excluding hydrogens is 336 g/mol. The van der Waals surface area contributed by atoms with Gasteiger partial charge >= 0.3 is 0 Å². The molecule has 138 valence electrons. The molecule has 0 spiro atoms. The van der Waals surface area contributed by atoms with Crippen molar-refractivity contribution in [2.45, 2.75) is 20.3 Å². The molecule has 1 fully saturated rings. The van der Waals surface area contributed by atoms with E-state index in [1.165, 1.54) is 11.1 Å². The minimum atomic E-state index is 0.436. The van der Waals surface area contributed by atoms with Gasteiger partial charge in [-0.1, -0.05) is 59.7 Å². The van der Waals surface area contributed by atoms with E-state index in [0.29, 0.717) is 18.4 Å². The Bertz CT molecular complexity index is 899. The standard InChI is InChI=1S/C23H24N2O2/c1-16-3-7-19(8-4-16)22-23(20-9-5-17(2)6-10-20)25-21(13-24-22)27-15-18-11-12-26-14-18/h3-10,13,18H,11-12,14-15H2,1-2H3. The van der Waals surface area contributed by atoms with Gasteiger partial charge in [0.05, 0.1) is 25.1 Å². The van der Waals surface area contributed by atoms with Gasteiger partial charge in [0.15, 0.2) is 0 Å². The molecule has 27 heavy (non-hydrogen) atoms. The quantitative estimate of drug-likeness (QED) is 0.653. The lowest BCUT2D eigenvalue weighted by Crippen LogP contribution is -2.12. The summed E-state index contributed by atoms with van der Waals surface area (Å²) in [5.74, 6) is 1.000. The average Bonchev–Trinajstić information content (AvgIpc) is 3.21. The number of hydrogen-bond acceptors (Lipinski definition) is 4. The summed E-state index contributed by atoms with van der Waals surface area (Å²) in [5, 5.41) is 0. The van der Waals surface area contributed by atoms with Crippen LogP contribution in [0.2, 0.25) is 0 Å². The van der Waals surface area contributed by atoms with Gasteiger partial charge in [-0.15, -0.1) is 0 Å². The number of ether oxygens (including phenoxy) is 2. The van der Waals surface area contributed by atoms with Crippen LogP contribution in [0.3, 0.4) is 0 Å². The van der Waals surface area contributed by atoms with Crippen molar-refractivity contribution in [1.29, 1.82) is 0 Å². The maximum Gasteiger partial charge on any atom is 0.232 e.